The van der Waals surface area contributed by atoms with Crippen molar-refractivity contribution in [2.24, 2.45) is 0 Å². The summed E-state index contributed by atoms with van der Waals surface area (Å²) in [5.74, 6) is -0.652. The fourth-order valence-corrected chi connectivity index (χ4v) is 3.40. The number of nitrogens with zero attached hydrogens (tertiary/aromatic N) is 1. The maximum atomic E-state index is 12.9. The molecule has 0 bridgehead atoms. The number of rotatable bonds is 7. The largest absolute Gasteiger partial charge is 0.307 e. The van der Waals surface area contributed by atoms with E-state index in [4.69, 9.17) is 0 Å². The molecule has 0 aromatic heterocycles. The first kappa shape index (κ1) is 17.9. The van der Waals surface area contributed by atoms with Crippen LogP contribution < -0.4 is 4.90 Å². The average Bonchev–Trinajstić information content (AvgIpc) is 2.60. The zero-order valence-corrected chi connectivity index (χ0v) is 14.4. The van der Waals surface area contributed by atoms with E-state index in [9.17, 15) is 13.2 Å². The van der Waals surface area contributed by atoms with E-state index >= 15 is 0 Å². The summed E-state index contributed by atoms with van der Waals surface area (Å²) in [7, 11) is -3.56. The van der Waals surface area contributed by atoms with E-state index in [0.29, 0.717) is 12.2 Å². The second-order valence-corrected chi connectivity index (χ2v) is 7.87. The van der Waals surface area contributed by atoms with Crippen LogP contribution in [0.5, 0.6) is 0 Å². The van der Waals surface area contributed by atoms with Gasteiger partial charge in [-0.1, -0.05) is 54.6 Å². The molecule has 4 nitrogen and oxygen atoms in total. The lowest BCUT2D eigenvalue weighted by Gasteiger charge is -2.26. The predicted molar refractivity (Wildman–Crippen MR) is 97.5 cm³/mol. The van der Waals surface area contributed by atoms with Gasteiger partial charge >= 0.3 is 0 Å². The molecule has 0 spiro atoms. The first-order valence-electron chi connectivity index (χ1n) is 7.68. The molecule has 2 aromatic carbocycles. The Morgan fingerprint density at radius 3 is 2.17 bits per heavy atom. The van der Waals surface area contributed by atoms with Crippen molar-refractivity contribution < 1.29 is 13.2 Å². The molecule has 24 heavy (non-hydrogen) atoms. The Kier molecular flexibility index (Phi) is 5.93. The van der Waals surface area contributed by atoms with Crippen molar-refractivity contribution in [2.45, 2.75) is 18.7 Å². The number of hydrogen-bond acceptors (Lipinski definition) is 3. The molecule has 0 aliphatic carbocycles. The standard InChI is InChI=1S/C19H21NO3S/c1-3-14-24(22,23)16(2)19(21)20(18-12-8-5-9-13-18)15-17-10-6-4-7-11-17/h3-13,16H,1,14-15H2,2H3. The van der Waals surface area contributed by atoms with Gasteiger partial charge in [0, 0.05) is 5.69 Å². The summed E-state index contributed by atoms with van der Waals surface area (Å²) in [4.78, 5) is 14.4. The second-order valence-electron chi connectivity index (χ2n) is 5.51. The molecule has 0 N–H and O–H groups in total. The number of sulfone groups is 1. The van der Waals surface area contributed by atoms with Gasteiger partial charge in [-0.25, -0.2) is 8.42 Å². The number of para-hydroxylation sites is 1. The van der Waals surface area contributed by atoms with Crippen LogP contribution in [-0.2, 0) is 21.2 Å². The minimum Gasteiger partial charge on any atom is -0.307 e. The van der Waals surface area contributed by atoms with E-state index in [1.54, 1.807) is 12.1 Å². The Bertz CT molecular complexity index is 786. The van der Waals surface area contributed by atoms with Gasteiger partial charge in [-0.15, -0.1) is 6.58 Å². The third-order valence-electron chi connectivity index (χ3n) is 3.75. The highest BCUT2D eigenvalue weighted by Crippen LogP contribution is 2.20. The maximum Gasteiger partial charge on any atom is 0.245 e. The molecule has 0 heterocycles. The van der Waals surface area contributed by atoms with Gasteiger partial charge in [0.15, 0.2) is 9.84 Å². The van der Waals surface area contributed by atoms with Crippen LogP contribution in [0.1, 0.15) is 12.5 Å². The minimum absolute atomic E-state index is 0.214. The fraction of sp³-hybridized carbons (Fsp3) is 0.211. The highest BCUT2D eigenvalue weighted by atomic mass is 32.2. The van der Waals surface area contributed by atoms with Gasteiger partial charge < -0.3 is 4.90 Å². The molecule has 1 amide bonds. The van der Waals surface area contributed by atoms with Gasteiger partial charge in [-0.05, 0) is 24.6 Å². The minimum atomic E-state index is -3.56. The van der Waals surface area contributed by atoms with Gasteiger partial charge in [0.25, 0.3) is 0 Å². The quantitative estimate of drug-likeness (QED) is 0.726. The molecule has 1 unspecified atom stereocenters. The van der Waals surface area contributed by atoms with Crippen LogP contribution in [0.25, 0.3) is 0 Å². The molecular weight excluding hydrogens is 322 g/mol. The van der Waals surface area contributed by atoms with Crippen LogP contribution in [-0.4, -0.2) is 25.3 Å². The zero-order valence-electron chi connectivity index (χ0n) is 13.6. The number of benzene rings is 2. The van der Waals surface area contributed by atoms with Gasteiger partial charge in [0.2, 0.25) is 5.91 Å². The van der Waals surface area contributed by atoms with Crippen molar-refractivity contribution in [3.63, 3.8) is 0 Å². The smallest absolute Gasteiger partial charge is 0.245 e. The van der Waals surface area contributed by atoms with E-state index in [2.05, 4.69) is 6.58 Å². The molecule has 0 saturated heterocycles. The van der Waals surface area contributed by atoms with Crippen LogP contribution >= 0.6 is 0 Å². The average molecular weight is 343 g/mol. The maximum absolute atomic E-state index is 12.9. The zero-order chi connectivity index (χ0) is 17.6. The van der Waals surface area contributed by atoms with Crippen LogP contribution in [0.15, 0.2) is 73.3 Å². The summed E-state index contributed by atoms with van der Waals surface area (Å²) >= 11 is 0. The van der Waals surface area contributed by atoms with E-state index in [1.165, 1.54) is 17.9 Å². The SMILES string of the molecule is C=CCS(=O)(=O)C(C)C(=O)N(Cc1ccccc1)c1ccccc1. The van der Waals surface area contributed by atoms with E-state index in [-0.39, 0.29) is 5.75 Å². The van der Waals surface area contributed by atoms with Crippen LogP contribution in [0, 0.1) is 0 Å². The third-order valence-corrected chi connectivity index (χ3v) is 5.73. The van der Waals surface area contributed by atoms with Crippen LogP contribution in [0.2, 0.25) is 0 Å². The molecular formula is C19H21NO3S. The fourth-order valence-electron chi connectivity index (χ4n) is 2.35. The number of carbonyl (C=O) groups excluding carboxylic acids is 1. The molecule has 0 saturated carbocycles. The molecule has 1 atom stereocenters. The predicted octanol–water partition coefficient (Wildman–Crippen LogP) is 3.21. The molecule has 126 valence electrons. The normalized spacial score (nSPS) is 12.4. The van der Waals surface area contributed by atoms with Gasteiger partial charge in [-0.3, -0.25) is 4.79 Å². The van der Waals surface area contributed by atoms with Crippen molar-refractivity contribution in [3.05, 3.63) is 78.9 Å². The summed E-state index contributed by atoms with van der Waals surface area (Å²) in [6, 6.07) is 18.6. The van der Waals surface area contributed by atoms with E-state index in [1.807, 2.05) is 48.5 Å². The van der Waals surface area contributed by atoms with Gasteiger partial charge in [-0.2, -0.15) is 0 Å². The number of carbonyl (C=O) groups is 1. The molecule has 0 aliphatic rings. The van der Waals surface area contributed by atoms with Gasteiger partial charge in [0.1, 0.15) is 5.25 Å². The number of hydrogen-bond donors (Lipinski definition) is 0. The molecule has 5 heteroatoms. The topological polar surface area (TPSA) is 54.5 Å². The first-order valence-corrected chi connectivity index (χ1v) is 9.40. The highest BCUT2D eigenvalue weighted by molar-refractivity contribution is 7.92. The summed E-state index contributed by atoms with van der Waals surface area (Å²) in [5.41, 5.74) is 1.61. The molecule has 2 rings (SSSR count). The van der Waals surface area contributed by atoms with Crippen LogP contribution in [0.3, 0.4) is 0 Å². The van der Waals surface area contributed by atoms with Crippen molar-refractivity contribution in [1.29, 1.82) is 0 Å². The second kappa shape index (κ2) is 7.93. The van der Waals surface area contributed by atoms with Crippen molar-refractivity contribution in [1.82, 2.24) is 0 Å². The van der Waals surface area contributed by atoms with E-state index < -0.39 is 21.0 Å². The molecule has 0 aliphatic heterocycles. The van der Waals surface area contributed by atoms with Crippen molar-refractivity contribution in [2.75, 3.05) is 10.7 Å². The van der Waals surface area contributed by atoms with Crippen LogP contribution in [0.4, 0.5) is 5.69 Å². The lowest BCUT2D eigenvalue weighted by Crippen LogP contribution is -2.42. The van der Waals surface area contributed by atoms with Crippen molar-refractivity contribution >= 4 is 21.4 Å². The Balaban J connectivity index is 2.35. The molecule has 0 radical (unpaired) electrons. The Morgan fingerprint density at radius 2 is 1.62 bits per heavy atom. The summed E-state index contributed by atoms with van der Waals surface area (Å²) < 4.78 is 24.5. The van der Waals surface area contributed by atoms with Crippen molar-refractivity contribution in [3.8, 4) is 0 Å². The first-order chi connectivity index (χ1) is 11.5. The van der Waals surface area contributed by atoms with E-state index in [0.717, 1.165) is 5.56 Å². The lowest BCUT2D eigenvalue weighted by molar-refractivity contribution is -0.118. The highest BCUT2D eigenvalue weighted by Gasteiger charge is 2.31. The summed E-state index contributed by atoms with van der Waals surface area (Å²) in [6.07, 6.45) is 1.31. The molecule has 2 aromatic rings. The third kappa shape index (κ3) is 4.32. The summed E-state index contributed by atoms with van der Waals surface area (Å²) in [6.45, 7) is 5.20. The monoisotopic (exact) mass is 343 g/mol. The Hall–Kier alpha value is -2.40. The number of amides is 1. The summed E-state index contributed by atoms with van der Waals surface area (Å²) in [5, 5.41) is -1.13. The Labute approximate surface area is 143 Å². The number of anilines is 1. The Morgan fingerprint density at radius 1 is 1.08 bits per heavy atom. The molecule has 0 fully saturated rings. The van der Waals surface area contributed by atoms with Gasteiger partial charge in [0.05, 0.1) is 12.3 Å². The lowest BCUT2D eigenvalue weighted by atomic mass is 10.2.